The van der Waals surface area contributed by atoms with Gasteiger partial charge in [0.25, 0.3) is 0 Å². The molecule has 0 radical (unpaired) electrons. The van der Waals surface area contributed by atoms with Crippen LogP contribution in [0, 0.1) is 6.08 Å². The molecule has 2 aliphatic rings. The zero-order valence-corrected chi connectivity index (χ0v) is 7.97. The van der Waals surface area contributed by atoms with Crippen LogP contribution in [0.2, 0.25) is 0 Å². The second kappa shape index (κ2) is 4.11. The van der Waals surface area contributed by atoms with Crippen molar-refractivity contribution in [3.8, 4) is 0 Å². The van der Waals surface area contributed by atoms with Gasteiger partial charge in [-0.15, -0.1) is 5.73 Å². The zero-order valence-electron chi connectivity index (χ0n) is 7.16. The van der Waals surface area contributed by atoms with E-state index in [1.807, 2.05) is 24.3 Å². The van der Waals surface area contributed by atoms with Crippen LogP contribution in [0.1, 0.15) is 6.42 Å². The highest BCUT2D eigenvalue weighted by molar-refractivity contribution is 8.07. The van der Waals surface area contributed by atoms with Gasteiger partial charge in [0.1, 0.15) is 6.08 Å². The van der Waals surface area contributed by atoms with E-state index in [1.54, 1.807) is 11.8 Å². The molecule has 0 fully saturated rings. The monoisotopic (exact) mass is 185 g/mol. The van der Waals surface area contributed by atoms with Crippen molar-refractivity contribution >= 4 is 11.8 Å². The summed E-state index contributed by atoms with van der Waals surface area (Å²) < 4.78 is 0. The van der Waals surface area contributed by atoms with Gasteiger partial charge >= 0.3 is 0 Å². The predicted molar refractivity (Wildman–Crippen MR) is 58.0 cm³/mol. The molecule has 0 atom stereocenters. The summed E-state index contributed by atoms with van der Waals surface area (Å²) in [6, 6.07) is 0. The van der Waals surface area contributed by atoms with E-state index in [1.165, 1.54) is 0 Å². The Bertz CT molecular complexity index is 372. The second-order valence-electron chi connectivity index (χ2n) is 2.68. The van der Waals surface area contributed by atoms with Gasteiger partial charge in [0.05, 0.1) is 23.1 Å². The van der Waals surface area contributed by atoms with E-state index in [2.05, 4.69) is 30.0 Å². The number of thioether (sulfide) groups is 1. The van der Waals surface area contributed by atoms with Crippen LogP contribution in [0.3, 0.4) is 0 Å². The van der Waals surface area contributed by atoms with Crippen molar-refractivity contribution in [3.63, 3.8) is 0 Å². The molecule has 1 heteroatoms. The fraction of sp³-hybridized carbons (Fsp3) is 0.0833. The first-order valence-electron chi connectivity index (χ1n) is 4.21. The average Bonchev–Trinajstić information content (AvgIpc) is 2.21. The number of rotatable bonds is 2. The van der Waals surface area contributed by atoms with E-state index in [9.17, 15) is 0 Å². The van der Waals surface area contributed by atoms with Gasteiger partial charge in [0.2, 0.25) is 0 Å². The fourth-order valence-corrected chi connectivity index (χ4v) is 1.89. The molecule has 62 valence electrons. The summed E-state index contributed by atoms with van der Waals surface area (Å²) in [6.45, 7) is 0. The molecular weight excluding hydrogens is 176 g/mol. The van der Waals surface area contributed by atoms with E-state index >= 15 is 0 Å². The highest BCUT2D eigenvalue weighted by Crippen LogP contribution is 2.28. The van der Waals surface area contributed by atoms with Crippen molar-refractivity contribution in [1.82, 2.24) is 0 Å². The summed E-state index contributed by atoms with van der Waals surface area (Å²) in [5.41, 5.74) is 3.22. The van der Waals surface area contributed by atoms with Crippen molar-refractivity contribution in [2.75, 3.05) is 0 Å². The lowest BCUT2D eigenvalue weighted by atomic mass is 10.3. The molecule has 0 aliphatic heterocycles. The molecule has 2 rings (SSSR count). The first-order chi connectivity index (χ1) is 6.45. The van der Waals surface area contributed by atoms with Gasteiger partial charge < -0.3 is 0 Å². The van der Waals surface area contributed by atoms with E-state index in [0.29, 0.717) is 0 Å². The van der Waals surface area contributed by atoms with Crippen LogP contribution >= 0.6 is 11.8 Å². The highest BCUT2D eigenvalue weighted by atomic mass is 32.2. The van der Waals surface area contributed by atoms with Gasteiger partial charge in [0.15, 0.2) is 4.91 Å². The summed E-state index contributed by atoms with van der Waals surface area (Å²) in [4.78, 5) is 2.30. The van der Waals surface area contributed by atoms with Gasteiger partial charge in [-0.1, -0.05) is 6.08 Å². The Balaban J connectivity index is 2.10. The number of hydrogen-bond donors (Lipinski definition) is 0. The van der Waals surface area contributed by atoms with Crippen LogP contribution in [0.4, 0.5) is 0 Å². The maximum atomic E-state index is 3.22. The molecule has 0 N–H and O–H groups in total. The summed E-state index contributed by atoms with van der Waals surface area (Å²) in [5.74, 6) is 0. The van der Waals surface area contributed by atoms with Gasteiger partial charge in [-0.05, 0) is 30.3 Å². The minimum absolute atomic E-state index is 1.00. The molecule has 0 nitrogen and oxygen atoms in total. The lowest BCUT2D eigenvalue weighted by Gasteiger charge is -1.98. The topological polar surface area (TPSA) is 0 Å². The van der Waals surface area contributed by atoms with Crippen molar-refractivity contribution in [1.29, 1.82) is 0 Å². The Kier molecular flexibility index (Phi) is 2.64. The van der Waals surface area contributed by atoms with E-state index < -0.39 is 0 Å². The second-order valence-corrected chi connectivity index (χ2v) is 3.76. The lowest BCUT2D eigenvalue weighted by molar-refractivity contribution is 1.38. The normalized spacial score (nSPS) is 18.2. The maximum Gasteiger partial charge on any atom is 0.177 e. The molecular formula is C12H9S+. The molecule has 0 heterocycles. The Labute approximate surface area is 82.7 Å². The molecule has 0 unspecified atom stereocenters. The Morgan fingerprint density at radius 1 is 1.38 bits per heavy atom. The molecule has 0 aromatic carbocycles. The largest absolute Gasteiger partial charge is 0.177 e. The Morgan fingerprint density at radius 2 is 2.38 bits per heavy atom. The van der Waals surface area contributed by atoms with E-state index in [4.69, 9.17) is 0 Å². The van der Waals surface area contributed by atoms with Crippen LogP contribution in [0.5, 0.6) is 0 Å². The SMILES string of the molecule is C1=CCC=CC=1SC1=CC=CC=[C+]1. The van der Waals surface area contributed by atoms with Crippen molar-refractivity contribution in [2.24, 2.45) is 0 Å². The van der Waals surface area contributed by atoms with Gasteiger partial charge in [-0.3, -0.25) is 0 Å². The minimum Gasteiger partial charge on any atom is -0.110 e. The first kappa shape index (κ1) is 8.34. The van der Waals surface area contributed by atoms with Crippen molar-refractivity contribution < 1.29 is 0 Å². The lowest BCUT2D eigenvalue weighted by Crippen LogP contribution is -1.78. The van der Waals surface area contributed by atoms with Crippen molar-refractivity contribution in [2.45, 2.75) is 6.42 Å². The van der Waals surface area contributed by atoms with E-state index in [-0.39, 0.29) is 0 Å². The molecule has 0 aromatic heterocycles. The zero-order chi connectivity index (χ0) is 8.93. The van der Waals surface area contributed by atoms with Crippen LogP contribution in [-0.2, 0) is 0 Å². The molecule has 0 bridgehead atoms. The number of hydrogen-bond acceptors (Lipinski definition) is 1. The van der Waals surface area contributed by atoms with Crippen molar-refractivity contribution in [3.05, 3.63) is 64.1 Å². The fourth-order valence-electron chi connectivity index (χ4n) is 1.07. The van der Waals surface area contributed by atoms with Crippen LogP contribution in [0.15, 0.2) is 58.1 Å². The van der Waals surface area contributed by atoms with Crippen LogP contribution in [0.25, 0.3) is 0 Å². The first-order valence-corrected chi connectivity index (χ1v) is 5.03. The summed E-state index contributed by atoms with van der Waals surface area (Å²) in [5, 5.41) is 0. The molecule has 0 amide bonds. The third kappa shape index (κ3) is 2.34. The standard InChI is InChI=1S/C12H9S/c1-3-7-11(8-4-1)13-12-9-5-2-6-10-12/h1,3-7,9H,2H2/q+1. The third-order valence-electron chi connectivity index (χ3n) is 1.67. The molecule has 0 saturated heterocycles. The van der Waals surface area contributed by atoms with Gasteiger partial charge in [-0.25, -0.2) is 0 Å². The molecule has 2 aliphatic carbocycles. The Hall–Kier alpha value is -1.26. The van der Waals surface area contributed by atoms with E-state index in [0.717, 1.165) is 16.2 Å². The molecule has 13 heavy (non-hydrogen) atoms. The quantitative estimate of drug-likeness (QED) is 0.468. The maximum absolute atomic E-state index is 3.22. The van der Waals surface area contributed by atoms with Crippen LogP contribution < -0.4 is 0 Å². The summed E-state index contributed by atoms with van der Waals surface area (Å²) in [7, 11) is 0. The minimum atomic E-state index is 1.00. The average molecular weight is 185 g/mol. The smallest absolute Gasteiger partial charge is 0.110 e. The third-order valence-corrected chi connectivity index (χ3v) is 2.62. The van der Waals surface area contributed by atoms with Gasteiger partial charge in [-0.2, -0.15) is 0 Å². The predicted octanol–water partition coefficient (Wildman–Crippen LogP) is 3.53. The summed E-state index contributed by atoms with van der Waals surface area (Å²) in [6.07, 6.45) is 18.5. The Morgan fingerprint density at radius 3 is 3.08 bits per heavy atom. The summed E-state index contributed by atoms with van der Waals surface area (Å²) >= 11 is 1.70. The van der Waals surface area contributed by atoms with Crippen LogP contribution in [-0.4, -0.2) is 0 Å². The van der Waals surface area contributed by atoms with Gasteiger partial charge in [0, 0.05) is 6.08 Å². The molecule has 0 aromatic rings. The molecule has 0 saturated carbocycles. The number of allylic oxidation sites excluding steroid dienone is 7. The highest BCUT2D eigenvalue weighted by Gasteiger charge is 2.06. The molecule has 0 spiro atoms.